The zero-order valence-electron chi connectivity index (χ0n) is 12.2. The quantitative estimate of drug-likeness (QED) is 0.820. The highest BCUT2D eigenvalue weighted by Gasteiger charge is 2.35. The molecular formula is C14H28N2O2. The Kier molecular flexibility index (Phi) is 4.64. The lowest BCUT2D eigenvalue weighted by molar-refractivity contribution is -0.107. The zero-order valence-corrected chi connectivity index (χ0v) is 12.2. The van der Waals surface area contributed by atoms with Crippen molar-refractivity contribution in [3.8, 4) is 0 Å². The van der Waals surface area contributed by atoms with Crippen LogP contribution in [0.5, 0.6) is 0 Å². The number of piperazine rings is 1. The maximum atomic E-state index is 5.79. The predicted molar refractivity (Wildman–Crippen MR) is 72.8 cm³/mol. The Morgan fingerprint density at radius 2 is 2.11 bits per heavy atom. The van der Waals surface area contributed by atoms with Crippen molar-refractivity contribution in [3.63, 3.8) is 0 Å². The molecule has 0 aliphatic carbocycles. The van der Waals surface area contributed by atoms with E-state index in [-0.39, 0.29) is 11.6 Å². The fraction of sp³-hybridized carbons (Fsp3) is 1.00. The van der Waals surface area contributed by atoms with E-state index in [2.05, 4.69) is 37.9 Å². The first kappa shape index (κ1) is 14.3. The Morgan fingerprint density at radius 1 is 1.33 bits per heavy atom. The Balaban J connectivity index is 1.95. The van der Waals surface area contributed by atoms with Gasteiger partial charge in [0.05, 0.1) is 25.9 Å². The van der Waals surface area contributed by atoms with Crippen molar-refractivity contribution in [2.24, 2.45) is 5.92 Å². The van der Waals surface area contributed by atoms with E-state index >= 15 is 0 Å². The summed E-state index contributed by atoms with van der Waals surface area (Å²) in [6.45, 7) is 14.5. The third-order valence-corrected chi connectivity index (χ3v) is 3.95. The second kappa shape index (κ2) is 5.87. The van der Waals surface area contributed by atoms with Gasteiger partial charge >= 0.3 is 0 Å². The average molecular weight is 256 g/mol. The van der Waals surface area contributed by atoms with Gasteiger partial charge in [0.2, 0.25) is 0 Å². The summed E-state index contributed by atoms with van der Waals surface area (Å²) < 4.78 is 11.3. The highest BCUT2D eigenvalue weighted by atomic mass is 16.6. The molecule has 0 saturated carbocycles. The maximum Gasteiger partial charge on any atom is 0.0936 e. The molecule has 1 N–H and O–H groups in total. The Labute approximate surface area is 111 Å². The van der Waals surface area contributed by atoms with Crippen LogP contribution in [-0.4, -0.2) is 62.0 Å². The van der Waals surface area contributed by atoms with Crippen molar-refractivity contribution in [3.05, 3.63) is 0 Å². The zero-order chi connectivity index (χ0) is 13.2. The molecular weight excluding hydrogens is 228 g/mol. The van der Waals surface area contributed by atoms with Gasteiger partial charge in [-0.15, -0.1) is 0 Å². The van der Waals surface area contributed by atoms with Crippen molar-refractivity contribution >= 4 is 0 Å². The van der Waals surface area contributed by atoms with E-state index < -0.39 is 0 Å². The molecule has 4 heteroatoms. The predicted octanol–water partition coefficient (Wildman–Crippen LogP) is 1.11. The van der Waals surface area contributed by atoms with Crippen LogP contribution in [0, 0.1) is 5.92 Å². The number of nitrogens with one attached hydrogen (secondary N) is 1. The van der Waals surface area contributed by atoms with E-state index in [9.17, 15) is 0 Å². The van der Waals surface area contributed by atoms with Gasteiger partial charge in [-0.25, -0.2) is 0 Å². The van der Waals surface area contributed by atoms with E-state index in [1.165, 1.54) is 0 Å². The molecule has 2 aliphatic rings. The Hall–Kier alpha value is -0.160. The van der Waals surface area contributed by atoms with Crippen molar-refractivity contribution in [1.82, 2.24) is 10.2 Å². The van der Waals surface area contributed by atoms with Crippen LogP contribution in [0.3, 0.4) is 0 Å². The summed E-state index contributed by atoms with van der Waals surface area (Å²) in [7, 11) is 0. The highest BCUT2D eigenvalue weighted by Crippen LogP contribution is 2.21. The molecule has 0 radical (unpaired) electrons. The molecule has 0 aromatic carbocycles. The summed E-state index contributed by atoms with van der Waals surface area (Å²) in [6, 6.07) is 0.601. The number of rotatable bonds is 3. The minimum absolute atomic E-state index is 0.195. The van der Waals surface area contributed by atoms with E-state index in [4.69, 9.17) is 9.47 Å². The molecule has 2 unspecified atom stereocenters. The number of hydrogen-bond acceptors (Lipinski definition) is 4. The van der Waals surface area contributed by atoms with Gasteiger partial charge in [-0.1, -0.05) is 13.8 Å². The topological polar surface area (TPSA) is 33.7 Å². The summed E-state index contributed by atoms with van der Waals surface area (Å²) in [6.07, 6.45) is 0.244. The Morgan fingerprint density at radius 3 is 2.72 bits per heavy atom. The highest BCUT2D eigenvalue weighted by molar-refractivity contribution is 4.94. The van der Waals surface area contributed by atoms with Crippen molar-refractivity contribution in [2.75, 3.05) is 39.5 Å². The van der Waals surface area contributed by atoms with Gasteiger partial charge in [-0.05, 0) is 19.8 Å². The lowest BCUT2D eigenvalue weighted by Crippen LogP contribution is -2.64. The normalized spacial score (nSPS) is 33.8. The van der Waals surface area contributed by atoms with Crippen LogP contribution in [-0.2, 0) is 9.47 Å². The lowest BCUT2D eigenvalue weighted by Gasteiger charge is -2.47. The largest absolute Gasteiger partial charge is 0.376 e. The molecule has 2 heterocycles. The summed E-state index contributed by atoms with van der Waals surface area (Å²) in [4.78, 5) is 2.58. The summed E-state index contributed by atoms with van der Waals surface area (Å²) in [5, 5.41) is 3.64. The van der Waals surface area contributed by atoms with Crippen LogP contribution in [0.4, 0.5) is 0 Å². The van der Waals surface area contributed by atoms with Crippen molar-refractivity contribution < 1.29 is 9.47 Å². The molecule has 2 fully saturated rings. The first-order chi connectivity index (χ1) is 8.48. The van der Waals surface area contributed by atoms with Crippen LogP contribution in [0.2, 0.25) is 0 Å². The number of hydrogen-bond donors (Lipinski definition) is 1. The molecule has 0 spiro atoms. The minimum atomic E-state index is 0.195. The van der Waals surface area contributed by atoms with Gasteiger partial charge < -0.3 is 14.8 Å². The molecule has 4 nitrogen and oxygen atoms in total. The lowest BCUT2D eigenvalue weighted by atomic mass is 9.93. The first-order valence-electron chi connectivity index (χ1n) is 7.16. The molecule has 0 aromatic heterocycles. The van der Waals surface area contributed by atoms with E-state index in [0.29, 0.717) is 12.0 Å². The molecule has 2 atom stereocenters. The summed E-state index contributed by atoms with van der Waals surface area (Å²) in [5.41, 5.74) is 0.195. The van der Waals surface area contributed by atoms with Crippen LogP contribution in [0.25, 0.3) is 0 Å². The van der Waals surface area contributed by atoms with Crippen LogP contribution in [0.15, 0.2) is 0 Å². The number of nitrogens with zero attached hydrogens (tertiary/aromatic N) is 1. The van der Waals surface area contributed by atoms with Gasteiger partial charge in [0, 0.05) is 31.2 Å². The molecule has 2 saturated heterocycles. The standard InChI is InChI=1S/C14H28N2O2/c1-11(2)13-7-15-14(3,4)10-16(13)8-12-9-17-5-6-18-12/h11-13,15H,5-10H2,1-4H3. The average Bonchev–Trinajstić information content (AvgIpc) is 2.28. The molecule has 2 aliphatic heterocycles. The SMILES string of the molecule is CC(C)C1CNC(C)(C)CN1CC1COCCO1. The van der Waals surface area contributed by atoms with Crippen LogP contribution < -0.4 is 5.32 Å². The van der Waals surface area contributed by atoms with Crippen LogP contribution >= 0.6 is 0 Å². The van der Waals surface area contributed by atoms with E-state index in [1.807, 2.05) is 0 Å². The molecule has 0 amide bonds. The van der Waals surface area contributed by atoms with Crippen LogP contribution in [0.1, 0.15) is 27.7 Å². The third-order valence-electron chi connectivity index (χ3n) is 3.95. The molecule has 106 valence electrons. The van der Waals surface area contributed by atoms with Gasteiger partial charge in [-0.3, -0.25) is 4.90 Å². The van der Waals surface area contributed by atoms with E-state index in [0.717, 1.165) is 39.5 Å². The maximum absolute atomic E-state index is 5.79. The monoisotopic (exact) mass is 256 g/mol. The fourth-order valence-electron chi connectivity index (χ4n) is 2.95. The Bertz CT molecular complexity index is 263. The molecule has 0 bridgehead atoms. The van der Waals surface area contributed by atoms with Gasteiger partial charge in [0.1, 0.15) is 0 Å². The third kappa shape index (κ3) is 3.67. The smallest absolute Gasteiger partial charge is 0.0936 e. The summed E-state index contributed by atoms with van der Waals surface area (Å²) >= 11 is 0. The van der Waals surface area contributed by atoms with E-state index in [1.54, 1.807) is 0 Å². The van der Waals surface area contributed by atoms with Gasteiger partial charge in [0.15, 0.2) is 0 Å². The first-order valence-corrected chi connectivity index (χ1v) is 7.16. The molecule has 0 aromatic rings. The van der Waals surface area contributed by atoms with Crippen molar-refractivity contribution in [1.29, 1.82) is 0 Å². The second-order valence-corrected chi connectivity index (χ2v) is 6.57. The second-order valence-electron chi connectivity index (χ2n) is 6.57. The van der Waals surface area contributed by atoms with Gasteiger partial charge in [-0.2, -0.15) is 0 Å². The molecule has 18 heavy (non-hydrogen) atoms. The fourth-order valence-corrected chi connectivity index (χ4v) is 2.95. The number of ether oxygens (including phenoxy) is 2. The summed E-state index contributed by atoms with van der Waals surface area (Å²) in [5.74, 6) is 0.665. The van der Waals surface area contributed by atoms with Crippen molar-refractivity contribution in [2.45, 2.75) is 45.4 Å². The molecule has 2 rings (SSSR count). The van der Waals surface area contributed by atoms with Gasteiger partial charge in [0.25, 0.3) is 0 Å². The minimum Gasteiger partial charge on any atom is -0.376 e.